The second-order valence-electron chi connectivity index (χ2n) is 5.90. The normalized spacial score (nSPS) is 12.5. The van der Waals surface area contributed by atoms with E-state index in [2.05, 4.69) is 16.5 Å². The summed E-state index contributed by atoms with van der Waals surface area (Å²) in [4.78, 5) is 13.7. The van der Waals surface area contributed by atoms with Crippen molar-refractivity contribution >= 4 is 22.2 Å². The molecule has 0 unspecified atom stereocenters. The van der Waals surface area contributed by atoms with Gasteiger partial charge in [-0.05, 0) is 37.0 Å². The Labute approximate surface area is 154 Å². The molecule has 3 aromatic rings. The number of hydrogen-bond acceptors (Lipinski definition) is 6. The molecule has 0 aliphatic heterocycles. The quantitative estimate of drug-likeness (QED) is 0.754. The highest BCUT2D eigenvalue weighted by Crippen LogP contribution is 2.38. The summed E-state index contributed by atoms with van der Waals surface area (Å²) < 4.78 is 10.6. The molecule has 2 aromatic heterocycles. The van der Waals surface area contributed by atoms with Crippen molar-refractivity contribution in [1.82, 2.24) is 5.16 Å². The van der Waals surface area contributed by atoms with Crippen LogP contribution in [-0.4, -0.2) is 18.2 Å². The molecule has 1 aliphatic carbocycles. The molecule has 0 saturated heterocycles. The van der Waals surface area contributed by atoms with Crippen molar-refractivity contribution in [1.29, 1.82) is 5.26 Å². The number of anilines is 1. The third kappa shape index (κ3) is 2.74. The second-order valence-corrected chi connectivity index (χ2v) is 7.01. The van der Waals surface area contributed by atoms with Crippen molar-refractivity contribution in [2.75, 3.05) is 12.4 Å². The van der Waals surface area contributed by atoms with Crippen molar-refractivity contribution in [3.05, 3.63) is 52.0 Å². The summed E-state index contributed by atoms with van der Waals surface area (Å²) in [6.45, 7) is 0. The maximum Gasteiger partial charge on any atom is 0.278 e. The lowest BCUT2D eigenvalue weighted by atomic mass is 10.1. The van der Waals surface area contributed by atoms with Crippen LogP contribution in [-0.2, 0) is 12.8 Å². The molecule has 6 nitrogen and oxygen atoms in total. The lowest BCUT2D eigenvalue weighted by Gasteiger charge is -2.03. The van der Waals surface area contributed by atoms with Gasteiger partial charge in [0.1, 0.15) is 16.8 Å². The molecule has 1 amide bonds. The molecule has 0 bridgehead atoms. The third-order valence-corrected chi connectivity index (χ3v) is 5.58. The minimum atomic E-state index is -0.397. The molecule has 1 N–H and O–H groups in total. The molecule has 1 aliphatic rings. The number of rotatable bonds is 4. The minimum absolute atomic E-state index is 0.156. The van der Waals surface area contributed by atoms with E-state index in [1.807, 2.05) is 24.3 Å². The highest BCUT2D eigenvalue weighted by Gasteiger charge is 2.24. The van der Waals surface area contributed by atoms with Crippen molar-refractivity contribution in [2.45, 2.75) is 19.3 Å². The number of amides is 1. The van der Waals surface area contributed by atoms with Crippen LogP contribution in [0.1, 0.15) is 32.9 Å². The molecule has 0 atom stereocenters. The van der Waals surface area contributed by atoms with Gasteiger partial charge in [-0.3, -0.25) is 4.79 Å². The number of nitrogens with one attached hydrogen (secondary N) is 1. The summed E-state index contributed by atoms with van der Waals surface area (Å²) in [6.07, 6.45) is 2.93. The molecule has 4 rings (SSSR count). The molecular weight excluding hydrogens is 350 g/mol. The number of benzene rings is 1. The summed E-state index contributed by atoms with van der Waals surface area (Å²) in [5.41, 5.74) is 2.52. The molecule has 0 fully saturated rings. The number of thiophene rings is 1. The van der Waals surface area contributed by atoms with E-state index in [0.717, 1.165) is 30.4 Å². The third-order valence-electron chi connectivity index (χ3n) is 4.38. The number of hydrogen-bond donors (Lipinski definition) is 1. The van der Waals surface area contributed by atoms with Gasteiger partial charge >= 0.3 is 0 Å². The van der Waals surface area contributed by atoms with E-state index in [1.54, 1.807) is 13.2 Å². The van der Waals surface area contributed by atoms with Gasteiger partial charge in [0.15, 0.2) is 11.5 Å². The highest BCUT2D eigenvalue weighted by atomic mass is 32.1. The average molecular weight is 365 g/mol. The molecule has 0 saturated carbocycles. The van der Waals surface area contributed by atoms with E-state index >= 15 is 0 Å². The standard InChI is InChI=1S/C19H15N3O3S/c1-24-15-7-3-2-5-12(15)16-9-14(22-25-16)18(23)21-19-13(10-20)11-6-4-8-17(11)26-19/h2-3,5,7,9H,4,6,8H2,1H3,(H,21,23). The van der Waals surface area contributed by atoms with E-state index in [0.29, 0.717) is 22.1 Å². The van der Waals surface area contributed by atoms with Crippen LogP contribution in [0.4, 0.5) is 5.00 Å². The Hall–Kier alpha value is -3.11. The van der Waals surface area contributed by atoms with Crippen molar-refractivity contribution < 1.29 is 14.1 Å². The van der Waals surface area contributed by atoms with Gasteiger partial charge in [0.05, 0.1) is 18.2 Å². The lowest BCUT2D eigenvalue weighted by Crippen LogP contribution is -2.12. The number of ether oxygens (including phenoxy) is 1. The van der Waals surface area contributed by atoms with Gasteiger partial charge in [-0.25, -0.2) is 0 Å². The molecule has 0 radical (unpaired) electrons. The van der Waals surface area contributed by atoms with Gasteiger partial charge in [0, 0.05) is 10.9 Å². The van der Waals surface area contributed by atoms with E-state index in [1.165, 1.54) is 16.2 Å². The fourth-order valence-electron chi connectivity index (χ4n) is 3.14. The Morgan fingerprint density at radius 1 is 1.38 bits per heavy atom. The van der Waals surface area contributed by atoms with Crippen LogP contribution in [0.25, 0.3) is 11.3 Å². The zero-order valence-electron chi connectivity index (χ0n) is 14.0. The Bertz CT molecular complexity index is 1030. The van der Waals surface area contributed by atoms with Gasteiger partial charge in [-0.15, -0.1) is 11.3 Å². The Balaban J connectivity index is 1.59. The SMILES string of the molecule is COc1ccccc1-c1cc(C(=O)Nc2sc3c(c2C#N)CCC3)no1. The van der Waals surface area contributed by atoms with E-state index < -0.39 is 5.91 Å². The molecule has 1 aromatic carbocycles. The predicted molar refractivity (Wildman–Crippen MR) is 97.5 cm³/mol. The number of fused-ring (bicyclic) bond motifs is 1. The zero-order chi connectivity index (χ0) is 18.1. The van der Waals surface area contributed by atoms with Crippen molar-refractivity contribution in [3.8, 4) is 23.1 Å². The fourth-order valence-corrected chi connectivity index (χ4v) is 4.37. The van der Waals surface area contributed by atoms with Crippen LogP contribution < -0.4 is 10.1 Å². The number of methoxy groups -OCH3 is 1. The molecule has 130 valence electrons. The van der Waals surface area contributed by atoms with Crippen LogP contribution in [0.15, 0.2) is 34.9 Å². The van der Waals surface area contributed by atoms with E-state index in [4.69, 9.17) is 9.26 Å². The second kappa shape index (κ2) is 6.65. The maximum absolute atomic E-state index is 12.5. The largest absolute Gasteiger partial charge is 0.496 e. The van der Waals surface area contributed by atoms with Crippen LogP contribution in [0.2, 0.25) is 0 Å². The van der Waals surface area contributed by atoms with Gasteiger partial charge < -0.3 is 14.6 Å². The average Bonchev–Trinajstić information content (AvgIpc) is 3.37. The number of aryl methyl sites for hydroxylation is 1. The Kier molecular flexibility index (Phi) is 4.19. The smallest absolute Gasteiger partial charge is 0.278 e. The summed E-state index contributed by atoms with van der Waals surface area (Å²) in [7, 11) is 1.57. The Morgan fingerprint density at radius 3 is 3.04 bits per heavy atom. The molecule has 2 heterocycles. The zero-order valence-corrected chi connectivity index (χ0v) is 14.9. The van der Waals surface area contributed by atoms with Crippen molar-refractivity contribution in [2.24, 2.45) is 0 Å². The van der Waals surface area contributed by atoms with Gasteiger partial charge in [0.25, 0.3) is 5.91 Å². The molecular formula is C19H15N3O3S. The van der Waals surface area contributed by atoms with E-state index in [9.17, 15) is 10.1 Å². The van der Waals surface area contributed by atoms with Crippen LogP contribution >= 0.6 is 11.3 Å². The number of nitrogens with zero attached hydrogens (tertiary/aromatic N) is 2. The van der Waals surface area contributed by atoms with Crippen LogP contribution in [0.5, 0.6) is 5.75 Å². The summed E-state index contributed by atoms with van der Waals surface area (Å²) in [6, 6.07) is 11.1. The number of aromatic nitrogens is 1. The first-order valence-corrected chi connectivity index (χ1v) is 8.99. The highest BCUT2D eigenvalue weighted by molar-refractivity contribution is 7.16. The summed E-state index contributed by atoms with van der Waals surface area (Å²) in [5.74, 6) is 0.685. The lowest BCUT2D eigenvalue weighted by molar-refractivity contribution is 0.101. The fraction of sp³-hybridized carbons (Fsp3) is 0.211. The first kappa shape index (κ1) is 16.4. The molecule has 7 heteroatoms. The predicted octanol–water partition coefficient (Wildman–Crippen LogP) is 4.02. The number of carbonyl (C=O) groups is 1. The number of carbonyl (C=O) groups excluding carboxylic acids is 1. The van der Waals surface area contributed by atoms with Crippen LogP contribution in [0, 0.1) is 11.3 Å². The van der Waals surface area contributed by atoms with Crippen LogP contribution in [0.3, 0.4) is 0 Å². The molecule has 26 heavy (non-hydrogen) atoms. The van der Waals surface area contributed by atoms with Crippen molar-refractivity contribution in [3.63, 3.8) is 0 Å². The van der Waals surface area contributed by atoms with E-state index in [-0.39, 0.29) is 5.69 Å². The first-order chi connectivity index (χ1) is 12.7. The summed E-state index contributed by atoms with van der Waals surface area (Å²) >= 11 is 1.47. The van der Waals surface area contributed by atoms with Gasteiger partial charge in [-0.1, -0.05) is 17.3 Å². The van der Waals surface area contributed by atoms with Gasteiger partial charge in [-0.2, -0.15) is 5.26 Å². The first-order valence-electron chi connectivity index (χ1n) is 8.17. The number of para-hydroxylation sites is 1. The maximum atomic E-state index is 12.5. The summed E-state index contributed by atoms with van der Waals surface area (Å²) in [5, 5.41) is 16.7. The number of nitriles is 1. The van der Waals surface area contributed by atoms with Gasteiger partial charge in [0.2, 0.25) is 0 Å². The Morgan fingerprint density at radius 2 is 2.23 bits per heavy atom. The topological polar surface area (TPSA) is 88.1 Å². The minimum Gasteiger partial charge on any atom is -0.496 e. The monoisotopic (exact) mass is 365 g/mol. The molecule has 0 spiro atoms.